The number of hydrogen-bond acceptors (Lipinski definition) is 6. The number of allylic oxidation sites excluding steroid dienone is 1. The molecular weight excluding hydrogens is 626 g/mol. The summed E-state index contributed by atoms with van der Waals surface area (Å²) < 4.78 is 9.51. The zero-order valence-corrected chi connectivity index (χ0v) is 25.2. The number of para-hydroxylation sites is 1. The quantitative estimate of drug-likeness (QED) is 0.154. The Morgan fingerprint density at radius 3 is 2.51 bits per heavy atom. The maximum Gasteiger partial charge on any atom is 0.271 e. The van der Waals surface area contributed by atoms with Crippen LogP contribution in [-0.4, -0.2) is 9.49 Å². The van der Waals surface area contributed by atoms with Crippen molar-refractivity contribution < 1.29 is 9.66 Å². The summed E-state index contributed by atoms with van der Waals surface area (Å²) in [6, 6.07) is 30.2. The summed E-state index contributed by atoms with van der Waals surface area (Å²) >= 11 is 4.93. The van der Waals surface area contributed by atoms with E-state index in [4.69, 9.17) is 9.73 Å². The molecule has 1 aromatic heterocycles. The number of nitro groups is 1. The molecule has 0 saturated carbocycles. The molecule has 2 aliphatic rings. The molecule has 0 saturated heterocycles. The number of non-ortho nitro benzene ring substituents is 1. The lowest BCUT2D eigenvalue weighted by atomic mass is 9.83. The smallest absolute Gasteiger partial charge is 0.271 e. The van der Waals surface area contributed by atoms with Crippen LogP contribution in [0.5, 0.6) is 5.75 Å². The zero-order valence-electron chi connectivity index (χ0n) is 22.8. The Bertz CT molecular complexity index is 2100. The maximum absolute atomic E-state index is 14.1. The Kier molecular flexibility index (Phi) is 7.12. The Hall–Kier alpha value is -4.60. The van der Waals surface area contributed by atoms with Crippen molar-refractivity contribution in [3.05, 3.63) is 165 Å². The zero-order chi connectivity index (χ0) is 29.5. The van der Waals surface area contributed by atoms with Gasteiger partial charge in [-0.3, -0.25) is 19.5 Å². The van der Waals surface area contributed by atoms with E-state index in [-0.39, 0.29) is 23.9 Å². The number of benzene rings is 4. The first-order valence-corrected chi connectivity index (χ1v) is 15.4. The van der Waals surface area contributed by atoms with Gasteiger partial charge in [-0.05, 0) is 71.5 Å². The lowest BCUT2D eigenvalue weighted by Gasteiger charge is -2.30. The number of fused-ring (bicyclic) bond motifs is 3. The molecule has 9 heteroatoms. The molecule has 0 amide bonds. The molecule has 212 valence electrons. The fraction of sp³-hybridized carbons (Fsp3) is 0.118. The van der Waals surface area contributed by atoms with Crippen LogP contribution in [0.2, 0.25) is 0 Å². The Balaban J connectivity index is 1.31. The second kappa shape index (κ2) is 11.2. The first kappa shape index (κ1) is 27.2. The van der Waals surface area contributed by atoms with Gasteiger partial charge in [-0.2, -0.15) is 0 Å². The molecular formula is C34H24BrN3O4S. The largest absolute Gasteiger partial charge is 0.488 e. The number of aromatic nitrogens is 1. The van der Waals surface area contributed by atoms with E-state index >= 15 is 0 Å². The van der Waals surface area contributed by atoms with Gasteiger partial charge in [-0.25, -0.2) is 4.99 Å². The summed E-state index contributed by atoms with van der Waals surface area (Å²) in [5, 5.41) is 11.0. The van der Waals surface area contributed by atoms with Crippen LogP contribution in [0.3, 0.4) is 0 Å². The molecule has 7 rings (SSSR count). The fourth-order valence-electron chi connectivity index (χ4n) is 5.71. The Morgan fingerprint density at radius 2 is 1.72 bits per heavy atom. The average Bonchev–Trinajstić information content (AvgIpc) is 3.34. The van der Waals surface area contributed by atoms with Crippen molar-refractivity contribution in [1.82, 2.24) is 4.57 Å². The van der Waals surface area contributed by atoms with E-state index in [9.17, 15) is 14.9 Å². The highest BCUT2D eigenvalue weighted by Gasteiger charge is 2.32. The molecule has 7 nitrogen and oxygen atoms in total. The molecule has 1 atom stereocenters. The van der Waals surface area contributed by atoms with Gasteiger partial charge in [0.1, 0.15) is 12.4 Å². The summed E-state index contributed by atoms with van der Waals surface area (Å²) in [5.41, 5.74) is 7.10. The van der Waals surface area contributed by atoms with Crippen molar-refractivity contribution in [2.24, 2.45) is 4.99 Å². The standard InChI is InChI=1S/C34H24BrN3O4S/c35-25-14-11-23(12-15-25)32-28-18-13-22-5-1-3-7-27(22)31(28)36-34-37(32)33(39)30(43-34)19-24-6-2-4-8-29(24)42-20-21-9-16-26(17-10-21)38(40)41/h1-12,14-17,19,32H,13,18,20H2/b30-19-/t32-/m0/s1. The average molecular weight is 651 g/mol. The Labute approximate surface area is 259 Å². The normalized spacial score (nSPS) is 15.7. The van der Waals surface area contributed by atoms with Crippen molar-refractivity contribution >= 4 is 44.7 Å². The lowest BCUT2D eigenvalue weighted by Crippen LogP contribution is -2.38. The van der Waals surface area contributed by atoms with Crippen LogP contribution in [0.15, 0.2) is 117 Å². The minimum absolute atomic E-state index is 0.0335. The molecule has 2 heterocycles. The summed E-state index contributed by atoms with van der Waals surface area (Å²) in [5.74, 6) is 0.615. The van der Waals surface area contributed by atoms with E-state index in [2.05, 4.69) is 46.3 Å². The van der Waals surface area contributed by atoms with E-state index in [1.165, 1.54) is 29.0 Å². The summed E-state index contributed by atoms with van der Waals surface area (Å²) in [6.07, 6.45) is 3.60. The van der Waals surface area contributed by atoms with Crippen molar-refractivity contribution in [2.45, 2.75) is 25.5 Å². The molecule has 4 aromatic carbocycles. The first-order chi connectivity index (χ1) is 21.0. The highest BCUT2D eigenvalue weighted by molar-refractivity contribution is 9.10. The number of thiazole rings is 1. The van der Waals surface area contributed by atoms with E-state index in [0.717, 1.165) is 50.8 Å². The minimum Gasteiger partial charge on any atom is -0.488 e. The lowest BCUT2D eigenvalue weighted by molar-refractivity contribution is -0.384. The van der Waals surface area contributed by atoms with E-state index in [1.54, 1.807) is 12.1 Å². The number of aryl methyl sites for hydroxylation is 1. The molecule has 0 spiro atoms. The van der Waals surface area contributed by atoms with Crippen LogP contribution >= 0.6 is 27.3 Å². The van der Waals surface area contributed by atoms with Crippen LogP contribution in [0.25, 0.3) is 11.8 Å². The van der Waals surface area contributed by atoms with Crippen molar-refractivity contribution in [1.29, 1.82) is 0 Å². The molecule has 1 aliphatic carbocycles. The third-order valence-electron chi connectivity index (χ3n) is 7.81. The predicted molar refractivity (Wildman–Crippen MR) is 171 cm³/mol. The number of halogens is 1. The maximum atomic E-state index is 14.1. The Morgan fingerprint density at radius 1 is 0.977 bits per heavy atom. The third kappa shape index (κ3) is 5.15. The van der Waals surface area contributed by atoms with Gasteiger partial charge in [0.2, 0.25) is 0 Å². The number of hydrogen-bond donors (Lipinski definition) is 0. The number of rotatable bonds is 6. The SMILES string of the molecule is O=c1/c(=C/c2ccccc2OCc2ccc([N+](=O)[O-])cc2)sc2n1[C@@H](c1ccc(Br)cc1)C1=C(N=2)c2ccccc2CC1. The topological polar surface area (TPSA) is 86.7 Å². The third-order valence-corrected chi connectivity index (χ3v) is 9.32. The minimum atomic E-state index is -0.424. The molecule has 0 radical (unpaired) electrons. The van der Waals surface area contributed by atoms with Gasteiger partial charge in [0, 0.05) is 27.7 Å². The predicted octanol–water partition coefficient (Wildman–Crippen LogP) is 6.57. The highest BCUT2D eigenvalue weighted by atomic mass is 79.9. The molecule has 0 unspecified atom stereocenters. The highest BCUT2D eigenvalue weighted by Crippen LogP contribution is 2.41. The van der Waals surface area contributed by atoms with Crippen LogP contribution < -0.4 is 19.6 Å². The van der Waals surface area contributed by atoms with Gasteiger partial charge in [-0.1, -0.05) is 81.9 Å². The van der Waals surface area contributed by atoms with Gasteiger partial charge in [0.25, 0.3) is 11.2 Å². The molecule has 0 N–H and O–H groups in total. The van der Waals surface area contributed by atoms with Crippen molar-refractivity contribution in [3.8, 4) is 5.75 Å². The van der Waals surface area contributed by atoms with E-state index in [0.29, 0.717) is 15.1 Å². The van der Waals surface area contributed by atoms with Crippen LogP contribution in [-0.2, 0) is 13.0 Å². The molecule has 0 bridgehead atoms. The van der Waals surface area contributed by atoms with Crippen molar-refractivity contribution in [2.75, 3.05) is 0 Å². The molecule has 0 fully saturated rings. The molecule has 43 heavy (non-hydrogen) atoms. The van der Waals surface area contributed by atoms with E-state index < -0.39 is 4.92 Å². The van der Waals surface area contributed by atoms with Crippen LogP contribution in [0, 0.1) is 10.1 Å². The second-order valence-electron chi connectivity index (χ2n) is 10.4. The summed E-state index contributed by atoms with van der Waals surface area (Å²) in [7, 11) is 0. The fourth-order valence-corrected chi connectivity index (χ4v) is 6.97. The summed E-state index contributed by atoms with van der Waals surface area (Å²) in [4.78, 5) is 30.4. The second-order valence-corrected chi connectivity index (χ2v) is 12.3. The van der Waals surface area contributed by atoms with Crippen molar-refractivity contribution in [3.63, 3.8) is 0 Å². The van der Waals surface area contributed by atoms with E-state index in [1.807, 2.05) is 53.1 Å². The van der Waals surface area contributed by atoms with Gasteiger partial charge >= 0.3 is 0 Å². The molecule has 1 aliphatic heterocycles. The van der Waals surface area contributed by atoms with Gasteiger partial charge in [0.15, 0.2) is 4.80 Å². The van der Waals surface area contributed by atoms with Crippen LogP contribution in [0.1, 0.15) is 40.3 Å². The summed E-state index contributed by atoms with van der Waals surface area (Å²) in [6.45, 7) is 0.236. The van der Waals surface area contributed by atoms with Crippen LogP contribution in [0.4, 0.5) is 5.69 Å². The monoisotopic (exact) mass is 649 g/mol. The van der Waals surface area contributed by atoms with Gasteiger partial charge in [-0.15, -0.1) is 0 Å². The van der Waals surface area contributed by atoms with Gasteiger partial charge < -0.3 is 4.74 Å². The first-order valence-electron chi connectivity index (χ1n) is 13.8. The number of ether oxygens (including phenoxy) is 1. The number of nitrogens with zero attached hydrogens (tertiary/aromatic N) is 3. The van der Waals surface area contributed by atoms with Gasteiger partial charge in [0.05, 0.1) is 21.2 Å². The molecule has 5 aromatic rings. The number of nitro benzene ring substituents is 1.